The third kappa shape index (κ3) is 3.67. The Labute approximate surface area is 101 Å². The van der Waals surface area contributed by atoms with Gasteiger partial charge in [-0.25, -0.2) is 0 Å². The average molecular weight is 243 g/mol. The van der Waals surface area contributed by atoms with Crippen molar-refractivity contribution in [2.45, 2.75) is 38.9 Å². The molecule has 1 saturated heterocycles. The number of hydrogen-bond donors (Lipinski definition) is 2. The molecular weight excluding hydrogens is 222 g/mol. The second kappa shape index (κ2) is 5.97. The van der Waals surface area contributed by atoms with Gasteiger partial charge in [0.15, 0.2) is 0 Å². The highest BCUT2D eigenvalue weighted by molar-refractivity contribution is 5.90. The number of rotatable bonds is 3. The molecule has 1 heterocycles. The van der Waals surface area contributed by atoms with Gasteiger partial charge in [0.25, 0.3) is 0 Å². The highest BCUT2D eigenvalue weighted by Gasteiger charge is 2.33. The maximum atomic E-state index is 11.9. The predicted molar refractivity (Wildman–Crippen MR) is 63.2 cm³/mol. The molecule has 1 fully saturated rings. The summed E-state index contributed by atoms with van der Waals surface area (Å²) in [5, 5.41) is 2.78. The molecule has 0 saturated carbocycles. The quantitative estimate of drug-likeness (QED) is 0.672. The largest absolute Gasteiger partial charge is 0.377 e. The summed E-state index contributed by atoms with van der Waals surface area (Å²) in [7, 11) is 0. The molecule has 1 rings (SSSR count). The summed E-state index contributed by atoms with van der Waals surface area (Å²) in [6.07, 6.45) is 0. The normalized spacial score (nSPS) is 22.4. The number of carbonyl (C=O) groups excluding carboxylic acids is 2. The molecule has 2 amide bonds. The van der Waals surface area contributed by atoms with E-state index in [1.54, 1.807) is 6.92 Å². The fourth-order valence-electron chi connectivity index (χ4n) is 1.73. The molecular formula is C11H21N3O3. The van der Waals surface area contributed by atoms with Gasteiger partial charge >= 0.3 is 0 Å². The van der Waals surface area contributed by atoms with Gasteiger partial charge in [-0.05, 0) is 20.8 Å². The average Bonchev–Trinajstić information content (AvgIpc) is 2.27. The van der Waals surface area contributed by atoms with E-state index in [4.69, 9.17) is 10.5 Å². The van der Waals surface area contributed by atoms with E-state index >= 15 is 0 Å². The van der Waals surface area contributed by atoms with Crippen LogP contribution in [0.15, 0.2) is 0 Å². The van der Waals surface area contributed by atoms with E-state index in [9.17, 15) is 9.59 Å². The maximum absolute atomic E-state index is 11.9. The molecule has 0 spiro atoms. The molecule has 0 aromatic heterocycles. The summed E-state index contributed by atoms with van der Waals surface area (Å²) in [6.45, 7) is 6.46. The summed E-state index contributed by atoms with van der Waals surface area (Å²) in [5.41, 5.74) is 5.57. The van der Waals surface area contributed by atoms with Gasteiger partial charge in [0.2, 0.25) is 11.8 Å². The Kier molecular flexibility index (Phi) is 4.89. The fraction of sp³-hybridized carbons (Fsp3) is 0.818. The molecule has 6 nitrogen and oxygen atoms in total. The third-order valence-electron chi connectivity index (χ3n) is 2.53. The van der Waals surface area contributed by atoms with Crippen molar-refractivity contribution < 1.29 is 14.3 Å². The number of carbonyl (C=O) groups is 2. The van der Waals surface area contributed by atoms with E-state index in [-0.39, 0.29) is 24.5 Å². The molecule has 17 heavy (non-hydrogen) atoms. The third-order valence-corrected chi connectivity index (χ3v) is 2.53. The summed E-state index contributed by atoms with van der Waals surface area (Å²) in [5.74, 6) is -0.397. The van der Waals surface area contributed by atoms with E-state index < -0.39 is 12.1 Å². The summed E-state index contributed by atoms with van der Waals surface area (Å²) >= 11 is 0. The van der Waals surface area contributed by atoms with Crippen molar-refractivity contribution in [2.24, 2.45) is 5.73 Å². The second-order valence-corrected chi connectivity index (χ2v) is 4.57. The van der Waals surface area contributed by atoms with Crippen LogP contribution in [0.1, 0.15) is 20.8 Å². The lowest BCUT2D eigenvalue weighted by molar-refractivity contribution is -0.149. The van der Waals surface area contributed by atoms with E-state index in [1.165, 1.54) is 4.90 Å². The first-order chi connectivity index (χ1) is 7.93. The first-order valence-electron chi connectivity index (χ1n) is 5.87. The highest BCUT2D eigenvalue weighted by Crippen LogP contribution is 2.09. The monoisotopic (exact) mass is 243 g/mol. The Bertz CT molecular complexity index is 292. The van der Waals surface area contributed by atoms with Gasteiger partial charge in [-0.3, -0.25) is 9.59 Å². The summed E-state index contributed by atoms with van der Waals surface area (Å²) in [6, 6.07) is -1.12. The van der Waals surface area contributed by atoms with Crippen molar-refractivity contribution in [2.75, 3.05) is 19.8 Å². The van der Waals surface area contributed by atoms with Crippen molar-refractivity contribution in [3.8, 4) is 0 Å². The Balaban J connectivity index is 2.72. The van der Waals surface area contributed by atoms with E-state index in [2.05, 4.69) is 5.32 Å². The van der Waals surface area contributed by atoms with Crippen LogP contribution in [0.3, 0.4) is 0 Å². The van der Waals surface area contributed by atoms with Gasteiger partial charge in [-0.2, -0.15) is 0 Å². The molecule has 0 aromatic rings. The predicted octanol–water partition coefficient (Wildman–Crippen LogP) is -0.914. The lowest BCUT2D eigenvalue weighted by atomic mass is 10.1. The minimum absolute atomic E-state index is 0.0386. The van der Waals surface area contributed by atoms with Crippen molar-refractivity contribution in [1.82, 2.24) is 10.2 Å². The van der Waals surface area contributed by atoms with Crippen LogP contribution in [0.4, 0.5) is 0 Å². The SMILES string of the molecule is CC(C)NC(=O)C1COCCN1C(=O)C(C)N. The zero-order valence-electron chi connectivity index (χ0n) is 10.6. The Morgan fingerprint density at radius 1 is 1.41 bits per heavy atom. The number of nitrogens with zero attached hydrogens (tertiary/aromatic N) is 1. The van der Waals surface area contributed by atoms with Gasteiger partial charge in [0.05, 0.1) is 19.3 Å². The van der Waals surface area contributed by atoms with Crippen LogP contribution in [0.25, 0.3) is 0 Å². The molecule has 6 heteroatoms. The number of ether oxygens (including phenoxy) is 1. The van der Waals surface area contributed by atoms with E-state index in [1.807, 2.05) is 13.8 Å². The van der Waals surface area contributed by atoms with Gasteiger partial charge in [-0.1, -0.05) is 0 Å². The van der Waals surface area contributed by atoms with Crippen LogP contribution < -0.4 is 11.1 Å². The maximum Gasteiger partial charge on any atom is 0.245 e. The van der Waals surface area contributed by atoms with Crippen molar-refractivity contribution in [3.63, 3.8) is 0 Å². The van der Waals surface area contributed by atoms with Gasteiger partial charge in [0, 0.05) is 12.6 Å². The minimum Gasteiger partial charge on any atom is -0.377 e. The minimum atomic E-state index is -0.595. The molecule has 0 bridgehead atoms. The fourth-order valence-corrected chi connectivity index (χ4v) is 1.73. The topological polar surface area (TPSA) is 84.7 Å². The standard InChI is InChI=1S/C11H21N3O3/c1-7(2)13-10(15)9-6-17-5-4-14(9)11(16)8(3)12/h7-9H,4-6,12H2,1-3H3,(H,13,15). The van der Waals surface area contributed by atoms with Crippen molar-refractivity contribution in [3.05, 3.63) is 0 Å². The van der Waals surface area contributed by atoms with Crippen LogP contribution in [0, 0.1) is 0 Å². The Hall–Kier alpha value is -1.14. The lowest BCUT2D eigenvalue weighted by Crippen LogP contribution is -2.59. The second-order valence-electron chi connectivity index (χ2n) is 4.57. The van der Waals surface area contributed by atoms with E-state index in [0.717, 1.165) is 0 Å². The number of amides is 2. The molecule has 98 valence electrons. The zero-order valence-corrected chi connectivity index (χ0v) is 10.6. The Morgan fingerprint density at radius 2 is 2.06 bits per heavy atom. The number of morpholine rings is 1. The first kappa shape index (κ1) is 13.9. The van der Waals surface area contributed by atoms with Crippen molar-refractivity contribution >= 4 is 11.8 Å². The number of hydrogen-bond acceptors (Lipinski definition) is 4. The summed E-state index contributed by atoms with van der Waals surface area (Å²) < 4.78 is 5.25. The molecule has 3 N–H and O–H groups in total. The lowest BCUT2D eigenvalue weighted by Gasteiger charge is -2.35. The molecule has 0 aliphatic carbocycles. The molecule has 0 radical (unpaired) electrons. The first-order valence-corrected chi connectivity index (χ1v) is 5.87. The van der Waals surface area contributed by atoms with Gasteiger partial charge in [-0.15, -0.1) is 0 Å². The molecule has 2 atom stereocenters. The van der Waals surface area contributed by atoms with Crippen LogP contribution in [0.5, 0.6) is 0 Å². The van der Waals surface area contributed by atoms with Crippen molar-refractivity contribution in [1.29, 1.82) is 0 Å². The zero-order chi connectivity index (χ0) is 13.0. The Morgan fingerprint density at radius 3 is 2.59 bits per heavy atom. The van der Waals surface area contributed by atoms with Crippen LogP contribution in [0.2, 0.25) is 0 Å². The molecule has 2 unspecified atom stereocenters. The van der Waals surface area contributed by atoms with Crippen LogP contribution >= 0.6 is 0 Å². The smallest absolute Gasteiger partial charge is 0.245 e. The molecule has 1 aliphatic heterocycles. The van der Waals surface area contributed by atoms with Gasteiger partial charge in [0.1, 0.15) is 6.04 Å². The van der Waals surface area contributed by atoms with Gasteiger partial charge < -0.3 is 20.7 Å². The van der Waals surface area contributed by atoms with E-state index in [0.29, 0.717) is 13.2 Å². The number of nitrogens with two attached hydrogens (primary N) is 1. The highest BCUT2D eigenvalue weighted by atomic mass is 16.5. The molecule has 1 aliphatic rings. The van der Waals surface area contributed by atoms with Crippen LogP contribution in [-0.2, 0) is 14.3 Å². The van der Waals surface area contributed by atoms with Crippen LogP contribution in [-0.4, -0.2) is 54.6 Å². The summed E-state index contributed by atoms with van der Waals surface area (Å²) in [4.78, 5) is 25.3. The molecule has 0 aromatic carbocycles. The number of nitrogens with one attached hydrogen (secondary N) is 1.